The van der Waals surface area contributed by atoms with Crippen LogP contribution in [0.25, 0.3) is 0 Å². The predicted molar refractivity (Wildman–Crippen MR) is 74.6 cm³/mol. The number of hydrogen-bond donors (Lipinski definition) is 1. The van der Waals surface area contributed by atoms with Gasteiger partial charge in [0.05, 0.1) is 0 Å². The van der Waals surface area contributed by atoms with Gasteiger partial charge in [0.25, 0.3) is 0 Å². The van der Waals surface area contributed by atoms with Gasteiger partial charge in [0.1, 0.15) is 12.4 Å². The van der Waals surface area contributed by atoms with Crippen LogP contribution in [0.15, 0.2) is 48.5 Å². The molecule has 0 spiro atoms. The molecule has 18 heavy (non-hydrogen) atoms. The maximum atomic E-state index is 5.86. The molecule has 2 rings (SSSR count). The minimum atomic E-state index is 0.0343. The van der Waals surface area contributed by atoms with Gasteiger partial charge in [-0.05, 0) is 42.7 Å². The molecule has 0 aliphatic carbocycles. The van der Waals surface area contributed by atoms with Gasteiger partial charge in [0.2, 0.25) is 0 Å². The van der Waals surface area contributed by atoms with Crippen LogP contribution in [0.3, 0.4) is 0 Å². The van der Waals surface area contributed by atoms with Gasteiger partial charge in [-0.2, -0.15) is 0 Å². The van der Waals surface area contributed by atoms with Gasteiger partial charge in [-0.25, -0.2) is 0 Å². The first-order chi connectivity index (χ1) is 8.66. The van der Waals surface area contributed by atoms with E-state index in [1.165, 1.54) is 11.1 Å². The summed E-state index contributed by atoms with van der Waals surface area (Å²) in [6.45, 7) is 4.66. The summed E-state index contributed by atoms with van der Waals surface area (Å²) in [6, 6.07) is 16.2. The van der Waals surface area contributed by atoms with Crippen molar-refractivity contribution in [2.75, 3.05) is 0 Å². The Hall–Kier alpha value is -1.80. The molecule has 0 amide bonds. The molecule has 0 saturated carbocycles. The molecule has 0 aliphatic rings. The summed E-state index contributed by atoms with van der Waals surface area (Å²) in [4.78, 5) is 0. The minimum absolute atomic E-state index is 0.0343. The van der Waals surface area contributed by atoms with E-state index in [0.29, 0.717) is 6.61 Å². The molecule has 2 aromatic rings. The number of rotatable bonds is 4. The van der Waals surface area contributed by atoms with Crippen molar-refractivity contribution in [3.8, 4) is 5.75 Å². The van der Waals surface area contributed by atoms with Crippen molar-refractivity contribution in [3.05, 3.63) is 65.2 Å². The third kappa shape index (κ3) is 3.11. The third-order valence-corrected chi connectivity index (χ3v) is 3.04. The summed E-state index contributed by atoms with van der Waals surface area (Å²) in [6.07, 6.45) is 0. The monoisotopic (exact) mass is 241 g/mol. The molecule has 0 fully saturated rings. The fraction of sp³-hybridized carbons (Fsp3) is 0.250. The molecule has 0 aliphatic heterocycles. The zero-order valence-corrected chi connectivity index (χ0v) is 10.9. The summed E-state index contributed by atoms with van der Waals surface area (Å²) in [7, 11) is 0. The number of ether oxygens (including phenoxy) is 1. The van der Waals surface area contributed by atoms with Crippen LogP contribution in [-0.2, 0) is 6.61 Å². The van der Waals surface area contributed by atoms with Crippen molar-refractivity contribution in [2.24, 2.45) is 5.73 Å². The second kappa shape index (κ2) is 5.69. The van der Waals surface area contributed by atoms with E-state index < -0.39 is 0 Å². The average molecular weight is 241 g/mol. The van der Waals surface area contributed by atoms with Crippen molar-refractivity contribution in [1.29, 1.82) is 0 Å². The van der Waals surface area contributed by atoms with Gasteiger partial charge in [-0.3, -0.25) is 0 Å². The predicted octanol–water partition coefficient (Wildman–Crippen LogP) is 3.59. The van der Waals surface area contributed by atoms with Gasteiger partial charge >= 0.3 is 0 Å². The molecule has 2 heteroatoms. The molecule has 0 saturated heterocycles. The first-order valence-corrected chi connectivity index (χ1v) is 6.19. The zero-order valence-electron chi connectivity index (χ0n) is 10.9. The lowest BCUT2D eigenvalue weighted by atomic mass is 10.1. The van der Waals surface area contributed by atoms with Gasteiger partial charge in [-0.15, -0.1) is 0 Å². The molecule has 0 heterocycles. The highest BCUT2D eigenvalue weighted by molar-refractivity contribution is 5.31. The van der Waals surface area contributed by atoms with E-state index in [2.05, 4.69) is 19.1 Å². The molecule has 2 aromatic carbocycles. The van der Waals surface area contributed by atoms with E-state index in [1.54, 1.807) is 0 Å². The Bertz CT molecular complexity index is 520. The number of hydrogen-bond acceptors (Lipinski definition) is 2. The van der Waals surface area contributed by atoms with Crippen molar-refractivity contribution >= 4 is 0 Å². The minimum Gasteiger partial charge on any atom is -0.489 e. The van der Waals surface area contributed by atoms with Crippen LogP contribution in [0.4, 0.5) is 0 Å². The number of nitrogens with two attached hydrogens (primary N) is 1. The van der Waals surface area contributed by atoms with Gasteiger partial charge in [0.15, 0.2) is 0 Å². The summed E-state index contributed by atoms with van der Waals surface area (Å²) in [5.41, 5.74) is 9.42. The van der Waals surface area contributed by atoms with Crippen molar-refractivity contribution in [1.82, 2.24) is 0 Å². The van der Waals surface area contributed by atoms with Crippen LogP contribution in [0, 0.1) is 6.92 Å². The lowest BCUT2D eigenvalue weighted by Gasteiger charge is -2.11. The topological polar surface area (TPSA) is 35.2 Å². The molecule has 2 nitrogen and oxygen atoms in total. The summed E-state index contributed by atoms with van der Waals surface area (Å²) in [5, 5.41) is 0. The molecular weight excluding hydrogens is 222 g/mol. The maximum absolute atomic E-state index is 5.86. The van der Waals surface area contributed by atoms with Gasteiger partial charge < -0.3 is 10.5 Å². The lowest BCUT2D eigenvalue weighted by molar-refractivity contribution is 0.305. The van der Waals surface area contributed by atoms with Crippen LogP contribution in [0.1, 0.15) is 29.7 Å². The number of benzene rings is 2. The van der Waals surface area contributed by atoms with E-state index in [4.69, 9.17) is 10.5 Å². The van der Waals surface area contributed by atoms with Crippen LogP contribution in [0.2, 0.25) is 0 Å². The molecule has 0 aromatic heterocycles. The fourth-order valence-corrected chi connectivity index (χ4v) is 1.82. The van der Waals surface area contributed by atoms with E-state index >= 15 is 0 Å². The smallest absolute Gasteiger partial charge is 0.120 e. The average Bonchev–Trinajstić information content (AvgIpc) is 2.38. The Morgan fingerprint density at radius 3 is 2.61 bits per heavy atom. The highest BCUT2D eigenvalue weighted by atomic mass is 16.5. The molecule has 94 valence electrons. The molecule has 1 unspecified atom stereocenters. The molecular formula is C16H19NO. The zero-order chi connectivity index (χ0) is 13.0. The Balaban J connectivity index is 2.07. The third-order valence-electron chi connectivity index (χ3n) is 3.04. The fourth-order valence-electron chi connectivity index (χ4n) is 1.82. The molecule has 1 atom stereocenters. The quantitative estimate of drug-likeness (QED) is 0.887. The Labute approximate surface area is 108 Å². The first-order valence-electron chi connectivity index (χ1n) is 6.19. The highest BCUT2D eigenvalue weighted by Crippen LogP contribution is 2.19. The van der Waals surface area contributed by atoms with Crippen LogP contribution in [-0.4, -0.2) is 0 Å². The Morgan fingerprint density at radius 2 is 1.89 bits per heavy atom. The largest absolute Gasteiger partial charge is 0.489 e. The first kappa shape index (κ1) is 12.7. The van der Waals surface area contributed by atoms with Gasteiger partial charge in [0, 0.05) is 6.04 Å². The van der Waals surface area contributed by atoms with Crippen LogP contribution in [0.5, 0.6) is 5.75 Å². The second-order valence-corrected chi connectivity index (χ2v) is 4.58. The van der Waals surface area contributed by atoms with Crippen molar-refractivity contribution < 1.29 is 4.74 Å². The Morgan fingerprint density at radius 1 is 1.11 bits per heavy atom. The van der Waals surface area contributed by atoms with Crippen LogP contribution < -0.4 is 10.5 Å². The van der Waals surface area contributed by atoms with E-state index in [-0.39, 0.29) is 6.04 Å². The molecule has 0 radical (unpaired) electrons. The summed E-state index contributed by atoms with van der Waals surface area (Å²) >= 11 is 0. The standard InChI is InChI=1S/C16H19NO/c1-12-6-3-4-7-15(12)11-18-16-9-5-8-14(10-16)13(2)17/h3-10,13H,11,17H2,1-2H3. The summed E-state index contributed by atoms with van der Waals surface area (Å²) < 4.78 is 5.81. The highest BCUT2D eigenvalue weighted by Gasteiger charge is 2.02. The normalized spacial score (nSPS) is 12.2. The number of aryl methyl sites for hydroxylation is 1. The summed E-state index contributed by atoms with van der Waals surface area (Å²) in [5.74, 6) is 0.869. The van der Waals surface area contributed by atoms with Crippen molar-refractivity contribution in [2.45, 2.75) is 26.5 Å². The molecule has 2 N–H and O–H groups in total. The van der Waals surface area contributed by atoms with Crippen LogP contribution >= 0.6 is 0 Å². The van der Waals surface area contributed by atoms with Crippen molar-refractivity contribution in [3.63, 3.8) is 0 Å². The maximum Gasteiger partial charge on any atom is 0.120 e. The lowest BCUT2D eigenvalue weighted by Crippen LogP contribution is -2.05. The van der Waals surface area contributed by atoms with E-state index in [9.17, 15) is 0 Å². The van der Waals surface area contributed by atoms with E-state index in [0.717, 1.165) is 11.3 Å². The molecule has 0 bridgehead atoms. The van der Waals surface area contributed by atoms with Gasteiger partial charge in [-0.1, -0.05) is 36.4 Å². The van der Waals surface area contributed by atoms with E-state index in [1.807, 2.05) is 43.3 Å². The Kier molecular flexibility index (Phi) is 4.00. The SMILES string of the molecule is Cc1ccccc1COc1cccc(C(C)N)c1. The second-order valence-electron chi connectivity index (χ2n) is 4.58.